The number of nitrogens with zero attached hydrogens (tertiary/aromatic N) is 1. The van der Waals surface area contributed by atoms with Crippen molar-refractivity contribution in [1.29, 1.82) is 0 Å². The van der Waals surface area contributed by atoms with Crippen LogP contribution in [0.15, 0.2) is 36.0 Å². The number of thiazole rings is 1. The number of rotatable bonds is 3. The summed E-state index contributed by atoms with van der Waals surface area (Å²) >= 11 is 1.31. The van der Waals surface area contributed by atoms with Gasteiger partial charge in [0.2, 0.25) is 0 Å². The standard InChI is InChI=1S/C14H12N2O2S/c1-9-13(19-8-16-9)14(17)18-7-10-3-2-4-12-11(10)5-6-15-12/h2-6,8,15H,7H2,1H3. The molecule has 0 saturated carbocycles. The predicted molar refractivity (Wildman–Crippen MR) is 74.3 cm³/mol. The maximum atomic E-state index is 11.9. The largest absolute Gasteiger partial charge is 0.457 e. The lowest BCUT2D eigenvalue weighted by atomic mass is 10.1. The lowest BCUT2D eigenvalue weighted by Gasteiger charge is -2.05. The summed E-state index contributed by atoms with van der Waals surface area (Å²) in [4.78, 5) is 19.7. The van der Waals surface area contributed by atoms with Gasteiger partial charge in [0.15, 0.2) is 0 Å². The number of ether oxygens (including phenoxy) is 1. The highest BCUT2D eigenvalue weighted by molar-refractivity contribution is 7.11. The molecule has 0 radical (unpaired) electrons. The van der Waals surface area contributed by atoms with Crippen molar-refractivity contribution in [3.05, 3.63) is 52.1 Å². The third-order valence-corrected chi connectivity index (χ3v) is 3.88. The zero-order valence-electron chi connectivity index (χ0n) is 10.3. The first-order valence-corrected chi connectivity index (χ1v) is 6.76. The molecule has 2 aromatic heterocycles. The van der Waals surface area contributed by atoms with E-state index >= 15 is 0 Å². The summed E-state index contributed by atoms with van der Waals surface area (Å²) in [6.07, 6.45) is 1.88. The van der Waals surface area contributed by atoms with Gasteiger partial charge in [0.25, 0.3) is 0 Å². The first kappa shape index (κ1) is 11.9. The SMILES string of the molecule is Cc1ncsc1C(=O)OCc1cccc2[nH]ccc12. The number of hydrogen-bond donors (Lipinski definition) is 1. The minimum absolute atomic E-state index is 0.269. The Hall–Kier alpha value is -2.14. The number of carbonyl (C=O) groups excluding carboxylic acids is 1. The number of aromatic nitrogens is 2. The molecular formula is C14H12N2O2S. The van der Waals surface area contributed by atoms with Crippen molar-refractivity contribution < 1.29 is 9.53 Å². The number of aryl methyl sites for hydroxylation is 1. The van der Waals surface area contributed by atoms with E-state index in [1.54, 1.807) is 12.4 Å². The van der Waals surface area contributed by atoms with Crippen LogP contribution < -0.4 is 0 Å². The summed E-state index contributed by atoms with van der Waals surface area (Å²) in [5.41, 5.74) is 4.41. The van der Waals surface area contributed by atoms with Gasteiger partial charge in [0.05, 0.1) is 11.2 Å². The molecule has 2 heterocycles. The first-order valence-electron chi connectivity index (χ1n) is 5.88. The fourth-order valence-corrected chi connectivity index (χ4v) is 2.68. The monoisotopic (exact) mass is 272 g/mol. The van der Waals surface area contributed by atoms with Crippen molar-refractivity contribution in [2.75, 3.05) is 0 Å². The van der Waals surface area contributed by atoms with Crippen LogP contribution in [0.5, 0.6) is 0 Å². The van der Waals surface area contributed by atoms with Crippen LogP contribution >= 0.6 is 11.3 Å². The van der Waals surface area contributed by atoms with Crippen molar-refractivity contribution in [2.45, 2.75) is 13.5 Å². The van der Waals surface area contributed by atoms with Crippen molar-refractivity contribution in [2.24, 2.45) is 0 Å². The molecule has 0 unspecified atom stereocenters. The Labute approximate surface area is 114 Å². The van der Waals surface area contributed by atoms with E-state index in [4.69, 9.17) is 4.74 Å². The summed E-state index contributed by atoms with van der Waals surface area (Å²) in [5.74, 6) is -0.312. The normalized spacial score (nSPS) is 10.8. The molecule has 0 atom stereocenters. The van der Waals surface area contributed by atoms with Gasteiger partial charge in [-0.15, -0.1) is 11.3 Å². The highest BCUT2D eigenvalue weighted by Gasteiger charge is 2.13. The molecule has 0 aliphatic heterocycles. The third-order valence-electron chi connectivity index (χ3n) is 2.97. The van der Waals surface area contributed by atoms with Crippen molar-refractivity contribution >= 4 is 28.2 Å². The van der Waals surface area contributed by atoms with E-state index in [0.29, 0.717) is 4.88 Å². The molecule has 19 heavy (non-hydrogen) atoms. The Morgan fingerprint density at radius 3 is 3.11 bits per heavy atom. The maximum absolute atomic E-state index is 11.9. The second kappa shape index (κ2) is 4.85. The van der Waals surface area contributed by atoms with E-state index in [1.807, 2.05) is 30.5 Å². The minimum Gasteiger partial charge on any atom is -0.457 e. The Morgan fingerprint density at radius 1 is 1.42 bits per heavy atom. The van der Waals surface area contributed by atoms with Crippen LogP contribution in [0, 0.1) is 6.92 Å². The van der Waals surface area contributed by atoms with Crippen LogP contribution in [0.3, 0.4) is 0 Å². The van der Waals surface area contributed by atoms with Crippen LogP contribution in [-0.4, -0.2) is 15.9 Å². The predicted octanol–water partition coefficient (Wildman–Crippen LogP) is 3.29. The summed E-state index contributed by atoms with van der Waals surface area (Å²) < 4.78 is 5.35. The van der Waals surface area contributed by atoms with Crippen molar-refractivity contribution in [3.8, 4) is 0 Å². The highest BCUT2D eigenvalue weighted by atomic mass is 32.1. The first-order chi connectivity index (χ1) is 9.25. The zero-order valence-corrected chi connectivity index (χ0v) is 11.2. The molecule has 0 aliphatic carbocycles. The molecule has 96 valence electrons. The average molecular weight is 272 g/mol. The van der Waals surface area contributed by atoms with Gasteiger partial charge in [0, 0.05) is 17.1 Å². The molecule has 3 aromatic rings. The Morgan fingerprint density at radius 2 is 2.32 bits per heavy atom. The van der Waals surface area contributed by atoms with E-state index in [-0.39, 0.29) is 12.6 Å². The topological polar surface area (TPSA) is 55.0 Å². The van der Waals surface area contributed by atoms with E-state index < -0.39 is 0 Å². The summed E-state index contributed by atoms with van der Waals surface area (Å²) in [6, 6.07) is 7.88. The average Bonchev–Trinajstić information content (AvgIpc) is 3.04. The molecule has 0 saturated heterocycles. The number of nitrogens with one attached hydrogen (secondary N) is 1. The van der Waals surface area contributed by atoms with Crippen LogP contribution in [-0.2, 0) is 11.3 Å². The minimum atomic E-state index is -0.312. The summed E-state index contributed by atoms with van der Waals surface area (Å²) in [6.45, 7) is 2.07. The van der Waals surface area contributed by atoms with Gasteiger partial charge in [-0.3, -0.25) is 0 Å². The van der Waals surface area contributed by atoms with Crippen molar-refractivity contribution in [1.82, 2.24) is 9.97 Å². The Kier molecular flexibility index (Phi) is 3.05. The van der Waals surface area contributed by atoms with Crippen molar-refractivity contribution in [3.63, 3.8) is 0 Å². The van der Waals surface area contributed by atoms with Crippen LogP contribution in [0.4, 0.5) is 0 Å². The Balaban J connectivity index is 1.78. The number of hydrogen-bond acceptors (Lipinski definition) is 4. The number of fused-ring (bicyclic) bond motifs is 1. The number of carbonyl (C=O) groups is 1. The van der Waals surface area contributed by atoms with Gasteiger partial charge < -0.3 is 9.72 Å². The number of H-pyrrole nitrogens is 1. The van der Waals surface area contributed by atoms with Gasteiger partial charge in [0.1, 0.15) is 11.5 Å². The number of benzene rings is 1. The maximum Gasteiger partial charge on any atom is 0.350 e. The zero-order chi connectivity index (χ0) is 13.2. The highest BCUT2D eigenvalue weighted by Crippen LogP contribution is 2.19. The molecule has 1 aromatic carbocycles. The number of aromatic amines is 1. The second-order valence-corrected chi connectivity index (χ2v) is 5.05. The molecule has 0 fully saturated rings. The van der Waals surface area contributed by atoms with Gasteiger partial charge in [-0.25, -0.2) is 9.78 Å². The molecular weight excluding hydrogens is 260 g/mol. The molecule has 5 heteroatoms. The number of esters is 1. The van der Waals surface area contributed by atoms with Gasteiger partial charge in [-0.2, -0.15) is 0 Å². The second-order valence-electron chi connectivity index (χ2n) is 4.20. The van der Waals surface area contributed by atoms with Gasteiger partial charge in [-0.05, 0) is 24.6 Å². The Bertz CT molecular complexity index is 730. The van der Waals surface area contributed by atoms with Gasteiger partial charge >= 0.3 is 5.97 Å². The quantitative estimate of drug-likeness (QED) is 0.744. The third kappa shape index (κ3) is 2.24. The molecule has 0 aliphatic rings. The van der Waals surface area contributed by atoms with E-state index in [0.717, 1.165) is 22.2 Å². The van der Waals surface area contributed by atoms with E-state index in [1.165, 1.54) is 11.3 Å². The molecule has 0 amide bonds. The van der Waals surface area contributed by atoms with E-state index in [9.17, 15) is 4.79 Å². The van der Waals surface area contributed by atoms with E-state index in [2.05, 4.69) is 9.97 Å². The molecule has 0 bridgehead atoms. The lowest BCUT2D eigenvalue weighted by Crippen LogP contribution is -2.05. The fraction of sp³-hybridized carbons (Fsp3) is 0.143. The fourth-order valence-electron chi connectivity index (χ4n) is 1.98. The van der Waals surface area contributed by atoms with Crippen LogP contribution in [0.25, 0.3) is 10.9 Å². The lowest BCUT2D eigenvalue weighted by molar-refractivity contribution is 0.0479. The van der Waals surface area contributed by atoms with Crippen LogP contribution in [0.1, 0.15) is 20.9 Å². The molecule has 4 nitrogen and oxygen atoms in total. The summed E-state index contributed by atoms with van der Waals surface area (Å²) in [5, 5.41) is 1.08. The molecule has 1 N–H and O–H groups in total. The van der Waals surface area contributed by atoms with Gasteiger partial charge in [-0.1, -0.05) is 12.1 Å². The van der Waals surface area contributed by atoms with Crippen LogP contribution in [0.2, 0.25) is 0 Å². The molecule has 0 spiro atoms. The smallest absolute Gasteiger partial charge is 0.350 e. The molecule has 3 rings (SSSR count). The summed E-state index contributed by atoms with van der Waals surface area (Å²) in [7, 11) is 0.